The van der Waals surface area contributed by atoms with Crippen LogP contribution in [-0.4, -0.2) is 10.3 Å². The second-order valence-electron chi connectivity index (χ2n) is 2.76. The minimum absolute atomic E-state index is 0.268. The van der Waals surface area contributed by atoms with Crippen LogP contribution in [0.4, 0.5) is 0 Å². The molecule has 0 atom stereocenters. The Morgan fingerprint density at radius 2 is 2.12 bits per heavy atom. The van der Waals surface area contributed by atoms with Gasteiger partial charge in [0.2, 0.25) is 0 Å². The molecule has 0 saturated carbocycles. The molecule has 0 radical (unpaired) electrons. The van der Waals surface area contributed by atoms with Crippen LogP contribution >= 0.6 is 32.5 Å². The maximum Gasteiger partial charge on any atom is 0.271 e. The zero-order chi connectivity index (χ0) is 11.4. The molecule has 16 heavy (non-hydrogen) atoms. The van der Waals surface area contributed by atoms with Crippen molar-refractivity contribution in [2.24, 2.45) is 5.10 Å². The quantitative estimate of drug-likeness (QED) is 0.672. The number of nitrogens with one attached hydrogen (secondary N) is 1. The Morgan fingerprint density at radius 1 is 1.38 bits per heavy atom. The van der Waals surface area contributed by atoms with Gasteiger partial charge in [0.1, 0.15) is 0 Å². The van der Waals surface area contributed by atoms with Crippen LogP contribution in [0.25, 0.3) is 0 Å². The lowest BCUT2D eigenvalue weighted by molar-refractivity contribution is 0.0953. The van der Waals surface area contributed by atoms with Crippen LogP contribution in [0.5, 0.6) is 0 Å². The summed E-state index contributed by atoms with van der Waals surface area (Å²) in [7, 11) is 2.53. The van der Waals surface area contributed by atoms with Gasteiger partial charge in [-0.05, 0) is 22.5 Å². The minimum Gasteiger partial charge on any atom is -0.267 e. The van der Waals surface area contributed by atoms with Crippen molar-refractivity contribution in [1.29, 1.82) is 0 Å². The molecular formula is C9H6ClN3OS2. The monoisotopic (exact) mass is 271 g/mol. The molecule has 0 aliphatic heterocycles. The van der Waals surface area contributed by atoms with E-state index in [-0.39, 0.29) is 5.91 Å². The Bertz CT molecular complexity index is 549. The molecule has 7 heteroatoms. The average Bonchev–Trinajstić information content (AvgIpc) is 2.73. The Hall–Kier alpha value is -1.24. The zero-order valence-corrected chi connectivity index (χ0v) is 10.3. The van der Waals surface area contributed by atoms with Gasteiger partial charge in [0.15, 0.2) is 9.82 Å². The van der Waals surface area contributed by atoms with E-state index in [1.54, 1.807) is 24.3 Å². The largest absolute Gasteiger partial charge is 0.271 e. The fourth-order valence-corrected chi connectivity index (χ4v) is 2.91. The Kier molecular flexibility index (Phi) is 3.66. The van der Waals surface area contributed by atoms with Crippen molar-refractivity contribution < 1.29 is 4.79 Å². The average molecular weight is 272 g/mol. The first-order valence-corrected chi connectivity index (χ1v) is 6.76. The van der Waals surface area contributed by atoms with Gasteiger partial charge in [-0.25, -0.2) is 5.43 Å². The van der Waals surface area contributed by atoms with E-state index in [1.807, 2.05) is 6.07 Å². The van der Waals surface area contributed by atoms with E-state index in [2.05, 4.69) is 14.9 Å². The van der Waals surface area contributed by atoms with Crippen molar-refractivity contribution in [2.45, 2.75) is 0 Å². The van der Waals surface area contributed by atoms with Crippen molar-refractivity contribution >= 4 is 38.4 Å². The van der Waals surface area contributed by atoms with Crippen LogP contribution in [-0.2, 0) is 0 Å². The second kappa shape index (κ2) is 5.20. The van der Waals surface area contributed by atoms with Crippen molar-refractivity contribution in [3.63, 3.8) is 0 Å². The van der Waals surface area contributed by atoms with Gasteiger partial charge in [0.05, 0.1) is 0 Å². The lowest BCUT2D eigenvalue weighted by atomic mass is 10.2. The Labute approximate surface area is 104 Å². The van der Waals surface area contributed by atoms with Crippen LogP contribution in [0.15, 0.2) is 35.4 Å². The number of benzene rings is 1. The molecule has 0 aliphatic rings. The molecule has 0 unspecified atom stereocenters. The summed E-state index contributed by atoms with van der Waals surface area (Å²) < 4.78 is 4.36. The molecule has 2 rings (SSSR count). The highest BCUT2D eigenvalue weighted by Crippen LogP contribution is 2.04. The number of aromatic nitrogens is 1. The third-order valence-electron chi connectivity index (χ3n) is 1.71. The van der Waals surface area contributed by atoms with Gasteiger partial charge < -0.3 is 0 Å². The van der Waals surface area contributed by atoms with Crippen LogP contribution in [0.1, 0.15) is 10.4 Å². The predicted octanol–water partition coefficient (Wildman–Crippen LogP) is 2.10. The SMILES string of the molecule is O=C(NN=c1ssnc1Cl)c1ccccc1. The van der Waals surface area contributed by atoms with Crippen molar-refractivity contribution in [3.05, 3.63) is 45.7 Å². The summed E-state index contributed by atoms with van der Waals surface area (Å²) >= 11 is 5.73. The fraction of sp³-hybridized carbons (Fsp3) is 0. The van der Waals surface area contributed by atoms with Gasteiger partial charge in [-0.1, -0.05) is 29.8 Å². The van der Waals surface area contributed by atoms with Crippen LogP contribution < -0.4 is 10.1 Å². The molecule has 1 N–H and O–H groups in total. The first-order chi connectivity index (χ1) is 7.77. The van der Waals surface area contributed by atoms with Gasteiger partial charge in [0.25, 0.3) is 5.91 Å². The van der Waals surface area contributed by atoms with Gasteiger partial charge in [-0.2, -0.15) is 9.47 Å². The first-order valence-electron chi connectivity index (χ1n) is 4.28. The lowest BCUT2D eigenvalue weighted by Crippen LogP contribution is -2.20. The molecule has 0 bridgehead atoms. The minimum atomic E-state index is -0.268. The molecule has 0 fully saturated rings. The number of hydrogen-bond donors (Lipinski definition) is 1. The third-order valence-corrected chi connectivity index (χ3v) is 3.88. The molecule has 0 spiro atoms. The molecule has 1 heterocycles. The maximum absolute atomic E-state index is 11.6. The number of carbonyl (C=O) groups is 1. The van der Waals surface area contributed by atoms with Crippen LogP contribution in [0.3, 0.4) is 0 Å². The number of carbonyl (C=O) groups excluding carboxylic acids is 1. The Balaban J connectivity index is 2.13. The number of hydrogen-bond acceptors (Lipinski definition) is 5. The topological polar surface area (TPSA) is 54.4 Å². The van der Waals surface area contributed by atoms with E-state index in [9.17, 15) is 4.79 Å². The van der Waals surface area contributed by atoms with Crippen LogP contribution in [0.2, 0.25) is 5.15 Å². The molecule has 1 amide bonds. The summed E-state index contributed by atoms with van der Waals surface area (Å²) in [5, 5.41) is 4.19. The van der Waals surface area contributed by atoms with E-state index in [4.69, 9.17) is 11.6 Å². The highest BCUT2D eigenvalue weighted by atomic mass is 35.5. The summed E-state index contributed by atoms with van der Waals surface area (Å²) in [6.07, 6.45) is 0. The van der Waals surface area contributed by atoms with Crippen molar-refractivity contribution in [1.82, 2.24) is 9.80 Å². The lowest BCUT2D eigenvalue weighted by Gasteiger charge is -1.97. The van der Waals surface area contributed by atoms with E-state index in [0.29, 0.717) is 15.4 Å². The number of halogens is 1. The van der Waals surface area contributed by atoms with Crippen molar-refractivity contribution in [2.75, 3.05) is 0 Å². The van der Waals surface area contributed by atoms with Gasteiger partial charge in [-0.15, -0.1) is 0 Å². The molecule has 4 nitrogen and oxygen atoms in total. The highest BCUT2D eigenvalue weighted by Gasteiger charge is 2.03. The number of nitrogens with zero attached hydrogens (tertiary/aromatic N) is 2. The fourth-order valence-electron chi connectivity index (χ4n) is 0.980. The summed E-state index contributed by atoms with van der Waals surface area (Å²) in [6, 6.07) is 8.84. The summed E-state index contributed by atoms with van der Waals surface area (Å²) in [6.45, 7) is 0. The standard InChI is InChI=1S/C9H6ClN3OS2/c10-7-9(15-16-13-7)12-11-8(14)6-4-2-1-3-5-6/h1-5H,(H,11,14). The van der Waals surface area contributed by atoms with Gasteiger partial charge >= 0.3 is 0 Å². The number of rotatable bonds is 2. The summed E-state index contributed by atoms with van der Waals surface area (Å²) in [4.78, 5) is 11.6. The number of amides is 1. The molecule has 0 saturated heterocycles. The van der Waals surface area contributed by atoms with Gasteiger partial charge in [0, 0.05) is 16.1 Å². The predicted molar refractivity (Wildman–Crippen MR) is 64.5 cm³/mol. The molecule has 82 valence electrons. The van der Waals surface area contributed by atoms with Crippen LogP contribution in [0, 0.1) is 0 Å². The zero-order valence-electron chi connectivity index (χ0n) is 7.88. The molecule has 1 aromatic carbocycles. The summed E-state index contributed by atoms with van der Waals surface area (Å²) in [5.74, 6) is -0.268. The Morgan fingerprint density at radius 3 is 2.75 bits per heavy atom. The molecule has 2 aromatic rings. The maximum atomic E-state index is 11.6. The molecular weight excluding hydrogens is 266 g/mol. The van der Waals surface area contributed by atoms with Crippen molar-refractivity contribution in [3.8, 4) is 0 Å². The van der Waals surface area contributed by atoms with E-state index >= 15 is 0 Å². The first kappa shape index (κ1) is 11.3. The van der Waals surface area contributed by atoms with E-state index < -0.39 is 0 Å². The normalized spacial score (nSPS) is 11.4. The second-order valence-corrected chi connectivity index (χ2v) is 4.95. The molecule has 0 aliphatic carbocycles. The molecule has 1 aromatic heterocycles. The van der Waals surface area contributed by atoms with E-state index in [0.717, 1.165) is 0 Å². The third kappa shape index (κ3) is 2.66. The smallest absolute Gasteiger partial charge is 0.267 e. The highest BCUT2D eigenvalue weighted by molar-refractivity contribution is 7.66. The van der Waals surface area contributed by atoms with Gasteiger partial charge in [-0.3, -0.25) is 4.79 Å². The summed E-state index contributed by atoms with van der Waals surface area (Å²) in [5.41, 5.74) is 2.97. The van der Waals surface area contributed by atoms with E-state index in [1.165, 1.54) is 20.9 Å².